The van der Waals surface area contributed by atoms with E-state index in [1.54, 1.807) is 38.1 Å². The summed E-state index contributed by atoms with van der Waals surface area (Å²) < 4.78 is 10.9. The van der Waals surface area contributed by atoms with Gasteiger partial charge in [0.1, 0.15) is 6.61 Å². The van der Waals surface area contributed by atoms with Gasteiger partial charge < -0.3 is 14.8 Å². The van der Waals surface area contributed by atoms with Crippen molar-refractivity contribution >= 4 is 17.6 Å². The maximum absolute atomic E-state index is 13.1. The number of carbonyl (C=O) groups excluding carboxylic acids is 2. The second kappa shape index (κ2) is 11.8. The fraction of sp³-hybridized carbons (Fsp3) is 0.360. The summed E-state index contributed by atoms with van der Waals surface area (Å²) in [5.74, 6) is -1.97. The summed E-state index contributed by atoms with van der Waals surface area (Å²) in [6, 6.07) is 5.91. The molecule has 0 radical (unpaired) electrons. The highest BCUT2D eigenvalue weighted by atomic mass is 16.6. The van der Waals surface area contributed by atoms with Crippen LogP contribution in [0.4, 0.5) is 5.69 Å². The van der Waals surface area contributed by atoms with E-state index in [-0.39, 0.29) is 36.0 Å². The lowest BCUT2D eigenvalue weighted by Crippen LogP contribution is -2.33. The van der Waals surface area contributed by atoms with Crippen molar-refractivity contribution in [2.24, 2.45) is 5.92 Å². The Balaban J connectivity index is 2.53. The van der Waals surface area contributed by atoms with Gasteiger partial charge in [-0.2, -0.15) is 0 Å². The Labute approximate surface area is 193 Å². The van der Waals surface area contributed by atoms with Gasteiger partial charge in [0, 0.05) is 23.5 Å². The molecule has 1 N–H and O–H groups in total. The lowest BCUT2D eigenvalue weighted by atomic mass is 9.80. The van der Waals surface area contributed by atoms with Gasteiger partial charge in [0.25, 0.3) is 5.69 Å². The van der Waals surface area contributed by atoms with Gasteiger partial charge in [-0.15, -0.1) is 0 Å². The van der Waals surface area contributed by atoms with Crippen LogP contribution in [0.25, 0.3) is 0 Å². The molecule has 1 aliphatic heterocycles. The number of hydrogen-bond donors (Lipinski definition) is 1. The number of hydrogen-bond acceptors (Lipinski definition) is 7. The van der Waals surface area contributed by atoms with Crippen molar-refractivity contribution in [1.29, 1.82) is 0 Å². The fourth-order valence-electron chi connectivity index (χ4n) is 3.45. The van der Waals surface area contributed by atoms with Gasteiger partial charge in [0.05, 0.1) is 28.6 Å². The molecule has 1 atom stereocenters. The summed E-state index contributed by atoms with van der Waals surface area (Å²) in [6.07, 6.45) is 7.09. The van der Waals surface area contributed by atoms with Crippen LogP contribution in [0.15, 0.2) is 71.1 Å². The third-order valence-corrected chi connectivity index (χ3v) is 4.91. The zero-order chi connectivity index (χ0) is 24.5. The van der Waals surface area contributed by atoms with Crippen LogP contribution in [0.2, 0.25) is 0 Å². The summed E-state index contributed by atoms with van der Waals surface area (Å²) in [7, 11) is 0. The van der Waals surface area contributed by atoms with Crippen LogP contribution in [0.3, 0.4) is 0 Å². The van der Waals surface area contributed by atoms with Gasteiger partial charge in [-0.1, -0.05) is 44.2 Å². The summed E-state index contributed by atoms with van der Waals surface area (Å²) in [5, 5.41) is 14.4. The van der Waals surface area contributed by atoms with Crippen LogP contribution in [0.1, 0.15) is 46.1 Å². The average Bonchev–Trinajstić information content (AvgIpc) is 2.76. The second-order valence-corrected chi connectivity index (χ2v) is 8.03. The number of benzene rings is 1. The van der Waals surface area contributed by atoms with Crippen molar-refractivity contribution in [2.75, 3.05) is 13.2 Å². The highest BCUT2D eigenvalue weighted by Gasteiger charge is 2.38. The summed E-state index contributed by atoms with van der Waals surface area (Å²) in [4.78, 5) is 37.0. The van der Waals surface area contributed by atoms with Gasteiger partial charge >= 0.3 is 11.9 Å². The SMILES string of the molecule is CC=CC=CCOC(=O)C1=C(C)NC(C)=C(C(=O)OCC(C)C)C1c1cccc([N+](=O)[O-])c1. The first kappa shape index (κ1) is 25.6. The Kier molecular flexibility index (Phi) is 9.15. The number of rotatable bonds is 9. The number of ether oxygens (including phenoxy) is 2. The number of carbonyl (C=O) groups is 2. The smallest absolute Gasteiger partial charge is 0.337 e. The second-order valence-electron chi connectivity index (χ2n) is 8.03. The normalized spacial score (nSPS) is 16.5. The minimum atomic E-state index is -0.877. The first-order chi connectivity index (χ1) is 15.7. The Morgan fingerprint density at radius 1 is 1.12 bits per heavy atom. The van der Waals surface area contributed by atoms with Crippen LogP contribution < -0.4 is 5.32 Å². The molecule has 2 rings (SSSR count). The molecule has 1 aromatic carbocycles. The first-order valence-corrected chi connectivity index (χ1v) is 10.7. The van der Waals surface area contributed by atoms with Gasteiger partial charge in [0.15, 0.2) is 0 Å². The average molecular weight is 455 g/mol. The Morgan fingerprint density at radius 2 is 1.76 bits per heavy atom. The third kappa shape index (κ3) is 6.65. The molecule has 0 spiro atoms. The third-order valence-electron chi connectivity index (χ3n) is 4.91. The largest absolute Gasteiger partial charge is 0.462 e. The minimum absolute atomic E-state index is 0.0391. The zero-order valence-electron chi connectivity index (χ0n) is 19.6. The monoisotopic (exact) mass is 454 g/mol. The molecule has 176 valence electrons. The fourth-order valence-corrected chi connectivity index (χ4v) is 3.45. The van der Waals surface area contributed by atoms with Gasteiger partial charge in [0.2, 0.25) is 0 Å². The quantitative estimate of drug-likeness (QED) is 0.249. The van der Waals surface area contributed by atoms with Crippen LogP contribution in [0, 0.1) is 16.0 Å². The van der Waals surface area contributed by atoms with Crippen molar-refractivity contribution in [3.05, 3.63) is 86.8 Å². The number of dihydropyridines is 1. The van der Waals surface area contributed by atoms with Crippen molar-refractivity contribution in [1.82, 2.24) is 5.32 Å². The molecule has 0 aliphatic carbocycles. The Hall–Kier alpha value is -3.68. The molecular weight excluding hydrogens is 424 g/mol. The lowest BCUT2D eigenvalue weighted by Gasteiger charge is -2.30. The van der Waals surface area contributed by atoms with E-state index >= 15 is 0 Å². The summed E-state index contributed by atoms with van der Waals surface area (Å²) in [6.45, 7) is 9.36. The van der Waals surface area contributed by atoms with Gasteiger partial charge in [-0.3, -0.25) is 10.1 Å². The van der Waals surface area contributed by atoms with Crippen LogP contribution >= 0.6 is 0 Å². The molecule has 0 fully saturated rings. The lowest BCUT2D eigenvalue weighted by molar-refractivity contribution is -0.384. The van der Waals surface area contributed by atoms with E-state index < -0.39 is 22.8 Å². The predicted octanol–water partition coefficient (Wildman–Crippen LogP) is 4.70. The van der Waals surface area contributed by atoms with E-state index in [4.69, 9.17) is 9.47 Å². The maximum atomic E-state index is 13.1. The number of non-ortho nitro benzene ring substituents is 1. The number of nitrogens with one attached hydrogen (secondary N) is 1. The van der Waals surface area contributed by atoms with E-state index in [1.165, 1.54) is 18.2 Å². The zero-order valence-corrected chi connectivity index (χ0v) is 19.6. The van der Waals surface area contributed by atoms with E-state index in [2.05, 4.69) is 5.32 Å². The van der Waals surface area contributed by atoms with E-state index in [0.29, 0.717) is 17.0 Å². The van der Waals surface area contributed by atoms with Crippen LogP contribution in [0.5, 0.6) is 0 Å². The number of esters is 2. The van der Waals surface area contributed by atoms with Crippen molar-refractivity contribution < 1.29 is 24.0 Å². The molecule has 1 aromatic rings. The Morgan fingerprint density at radius 3 is 2.33 bits per heavy atom. The first-order valence-electron chi connectivity index (χ1n) is 10.7. The van der Waals surface area contributed by atoms with Gasteiger partial charge in [-0.05, 0) is 38.3 Å². The van der Waals surface area contributed by atoms with Crippen molar-refractivity contribution in [3.63, 3.8) is 0 Å². The van der Waals surface area contributed by atoms with E-state index in [0.717, 1.165) is 0 Å². The number of nitro benzene ring substituents is 1. The van der Waals surface area contributed by atoms with Crippen molar-refractivity contribution in [2.45, 2.75) is 40.5 Å². The molecule has 0 saturated heterocycles. The topological polar surface area (TPSA) is 108 Å². The molecule has 1 unspecified atom stereocenters. The Bertz CT molecular complexity index is 1030. The molecule has 0 aromatic heterocycles. The molecule has 1 heterocycles. The molecule has 0 bridgehead atoms. The molecule has 8 nitrogen and oxygen atoms in total. The highest BCUT2D eigenvalue weighted by molar-refractivity contribution is 6.00. The number of nitrogens with zero attached hydrogens (tertiary/aromatic N) is 1. The summed E-state index contributed by atoms with van der Waals surface area (Å²) >= 11 is 0. The molecule has 0 amide bonds. The van der Waals surface area contributed by atoms with Crippen LogP contribution in [-0.2, 0) is 19.1 Å². The summed E-state index contributed by atoms with van der Waals surface area (Å²) in [5.41, 5.74) is 1.74. The molecule has 8 heteroatoms. The van der Waals surface area contributed by atoms with E-state index in [9.17, 15) is 19.7 Å². The predicted molar refractivity (Wildman–Crippen MR) is 125 cm³/mol. The number of allylic oxidation sites excluding steroid dienone is 5. The molecular formula is C25H30N2O6. The minimum Gasteiger partial charge on any atom is -0.462 e. The van der Waals surface area contributed by atoms with Gasteiger partial charge in [-0.25, -0.2) is 9.59 Å². The number of nitro groups is 1. The highest BCUT2D eigenvalue weighted by Crippen LogP contribution is 2.40. The molecule has 33 heavy (non-hydrogen) atoms. The van der Waals surface area contributed by atoms with Crippen molar-refractivity contribution in [3.8, 4) is 0 Å². The van der Waals surface area contributed by atoms with Crippen LogP contribution in [-0.4, -0.2) is 30.1 Å². The van der Waals surface area contributed by atoms with E-state index in [1.807, 2.05) is 26.8 Å². The molecule has 1 aliphatic rings. The maximum Gasteiger partial charge on any atom is 0.337 e. The molecule has 0 saturated carbocycles. The standard InChI is InChI=1S/C25H30N2O6/c1-6-7-8-9-13-32-24(28)21-17(4)26-18(5)22(25(29)33-15-16(2)3)23(21)19-11-10-12-20(14-19)27(30)31/h6-12,14,16,23,26H,13,15H2,1-5H3.